The van der Waals surface area contributed by atoms with E-state index in [1.165, 1.54) is 17.9 Å². The summed E-state index contributed by atoms with van der Waals surface area (Å²) in [4.78, 5) is 13.1. The molecule has 1 amide bonds. The highest BCUT2D eigenvalue weighted by molar-refractivity contribution is 9.10. The molecule has 1 aromatic carbocycles. The third-order valence-corrected chi connectivity index (χ3v) is 4.82. The number of hydrogen-bond acceptors (Lipinski definition) is 3. The van der Waals surface area contributed by atoms with E-state index in [4.69, 9.17) is 0 Å². The van der Waals surface area contributed by atoms with Gasteiger partial charge in [-0.25, -0.2) is 8.42 Å². The first kappa shape index (κ1) is 15.1. The predicted molar refractivity (Wildman–Crippen MR) is 72.6 cm³/mol. The van der Waals surface area contributed by atoms with E-state index >= 15 is 0 Å². The van der Waals surface area contributed by atoms with Crippen molar-refractivity contribution in [2.45, 2.75) is 17.9 Å². The van der Waals surface area contributed by atoms with E-state index in [9.17, 15) is 13.2 Å². The maximum atomic E-state index is 12.1. The molecule has 0 aliphatic carbocycles. The molecule has 0 saturated heterocycles. The number of benzene rings is 1. The van der Waals surface area contributed by atoms with Gasteiger partial charge in [-0.3, -0.25) is 4.79 Å². The summed E-state index contributed by atoms with van der Waals surface area (Å²) in [6.07, 6.45) is 0. The Kier molecular flexibility index (Phi) is 4.89. The maximum absolute atomic E-state index is 12.1. The lowest BCUT2D eigenvalue weighted by atomic mass is 10.3. The zero-order valence-corrected chi connectivity index (χ0v) is 12.7. The monoisotopic (exact) mass is 334 g/mol. The first-order chi connectivity index (χ1) is 8.25. The minimum atomic E-state index is -3.71. The molecule has 0 spiro atoms. The fraction of sp³-hybridized carbons (Fsp3) is 0.364. The summed E-state index contributed by atoms with van der Waals surface area (Å²) >= 11 is 3.17. The second-order valence-electron chi connectivity index (χ2n) is 4.01. The lowest BCUT2D eigenvalue weighted by Gasteiger charge is -2.18. The number of likely N-dealkylation sites (N-methyl/N-ethyl adjacent to an activating group) is 1. The highest BCUT2D eigenvalue weighted by Crippen LogP contribution is 2.21. The lowest BCUT2D eigenvalue weighted by Crippen LogP contribution is -2.44. The molecule has 5 nitrogen and oxygen atoms in total. The Balaban J connectivity index is 2.97. The van der Waals surface area contributed by atoms with Crippen molar-refractivity contribution in [3.05, 3.63) is 28.7 Å². The number of hydrogen-bond donors (Lipinski definition) is 1. The molecule has 0 radical (unpaired) electrons. The minimum Gasteiger partial charge on any atom is -0.347 e. The molecule has 1 atom stereocenters. The van der Waals surface area contributed by atoms with Crippen LogP contribution in [-0.4, -0.2) is 39.4 Å². The van der Waals surface area contributed by atoms with Gasteiger partial charge < -0.3 is 4.90 Å². The molecule has 0 aliphatic heterocycles. The number of carbonyl (C=O) groups excluding carboxylic acids is 1. The number of carbonyl (C=O) groups is 1. The van der Waals surface area contributed by atoms with Gasteiger partial charge in [-0.15, -0.1) is 0 Å². The normalized spacial score (nSPS) is 13.1. The van der Waals surface area contributed by atoms with Crippen LogP contribution in [0.5, 0.6) is 0 Å². The van der Waals surface area contributed by atoms with Crippen LogP contribution in [0.1, 0.15) is 6.92 Å². The van der Waals surface area contributed by atoms with Crippen molar-refractivity contribution in [3.63, 3.8) is 0 Å². The van der Waals surface area contributed by atoms with Gasteiger partial charge in [0.2, 0.25) is 15.9 Å². The SMILES string of the molecule is CC(NS(=O)(=O)c1ccccc1Br)C(=O)N(C)C. The van der Waals surface area contributed by atoms with Crippen LogP contribution >= 0.6 is 15.9 Å². The molecule has 18 heavy (non-hydrogen) atoms. The second-order valence-corrected chi connectivity index (χ2v) is 6.54. The van der Waals surface area contributed by atoms with Crippen LogP contribution < -0.4 is 4.72 Å². The first-order valence-electron chi connectivity index (χ1n) is 5.23. The van der Waals surface area contributed by atoms with Crippen molar-refractivity contribution in [2.24, 2.45) is 0 Å². The Morgan fingerprint density at radius 2 is 1.89 bits per heavy atom. The minimum absolute atomic E-state index is 0.114. The third-order valence-electron chi connectivity index (χ3n) is 2.27. The van der Waals surface area contributed by atoms with Crippen LogP contribution in [0, 0.1) is 0 Å². The van der Waals surface area contributed by atoms with Gasteiger partial charge in [0, 0.05) is 18.6 Å². The van der Waals surface area contributed by atoms with Crippen molar-refractivity contribution in [2.75, 3.05) is 14.1 Å². The fourth-order valence-corrected chi connectivity index (χ4v) is 3.60. The number of sulfonamides is 1. The van der Waals surface area contributed by atoms with Crippen LogP contribution in [-0.2, 0) is 14.8 Å². The highest BCUT2D eigenvalue weighted by atomic mass is 79.9. The summed E-state index contributed by atoms with van der Waals surface area (Å²) in [5.74, 6) is -0.300. The molecule has 0 fully saturated rings. The summed E-state index contributed by atoms with van der Waals surface area (Å²) in [5.41, 5.74) is 0. The molecule has 0 saturated carbocycles. The number of halogens is 1. The lowest BCUT2D eigenvalue weighted by molar-refractivity contribution is -0.130. The third kappa shape index (κ3) is 3.54. The highest BCUT2D eigenvalue weighted by Gasteiger charge is 2.24. The van der Waals surface area contributed by atoms with Gasteiger partial charge in [0.15, 0.2) is 0 Å². The number of nitrogens with zero attached hydrogens (tertiary/aromatic N) is 1. The van der Waals surface area contributed by atoms with E-state index < -0.39 is 16.1 Å². The van der Waals surface area contributed by atoms with E-state index in [0.717, 1.165) is 0 Å². The van der Waals surface area contributed by atoms with Gasteiger partial charge in [-0.1, -0.05) is 12.1 Å². The molecule has 0 aromatic heterocycles. The van der Waals surface area contributed by atoms with Gasteiger partial charge >= 0.3 is 0 Å². The Hall–Kier alpha value is -0.920. The maximum Gasteiger partial charge on any atom is 0.242 e. The van der Waals surface area contributed by atoms with Gasteiger partial charge in [-0.05, 0) is 35.0 Å². The Bertz CT molecular complexity index is 543. The average Bonchev–Trinajstić information content (AvgIpc) is 2.27. The molecule has 1 unspecified atom stereocenters. The van der Waals surface area contributed by atoms with E-state index in [2.05, 4.69) is 20.7 Å². The van der Waals surface area contributed by atoms with Gasteiger partial charge in [0.05, 0.1) is 10.9 Å². The van der Waals surface area contributed by atoms with E-state index in [1.807, 2.05) is 0 Å². The standard InChI is InChI=1S/C11H15BrN2O3S/c1-8(11(15)14(2)3)13-18(16,17)10-7-5-4-6-9(10)12/h4-8,13H,1-3H3. The Morgan fingerprint density at radius 1 is 1.33 bits per heavy atom. The van der Waals surface area contributed by atoms with Crippen LogP contribution in [0.2, 0.25) is 0 Å². The summed E-state index contributed by atoms with van der Waals surface area (Å²) in [7, 11) is -0.563. The summed E-state index contributed by atoms with van der Waals surface area (Å²) < 4.78 is 27.0. The fourth-order valence-electron chi connectivity index (χ4n) is 1.40. The molecule has 1 N–H and O–H groups in total. The quantitative estimate of drug-likeness (QED) is 0.899. The number of rotatable bonds is 4. The van der Waals surface area contributed by atoms with Crippen molar-refractivity contribution in [1.29, 1.82) is 0 Å². The molecule has 0 aliphatic rings. The van der Waals surface area contributed by atoms with Crippen LogP contribution in [0.15, 0.2) is 33.6 Å². The van der Waals surface area contributed by atoms with Gasteiger partial charge in [-0.2, -0.15) is 4.72 Å². The topological polar surface area (TPSA) is 66.5 Å². The van der Waals surface area contributed by atoms with Crippen molar-refractivity contribution < 1.29 is 13.2 Å². The van der Waals surface area contributed by atoms with E-state index in [1.54, 1.807) is 32.3 Å². The molecular formula is C11H15BrN2O3S. The average molecular weight is 335 g/mol. The largest absolute Gasteiger partial charge is 0.347 e. The molecule has 100 valence electrons. The number of nitrogens with one attached hydrogen (secondary N) is 1. The van der Waals surface area contributed by atoms with Crippen molar-refractivity contribution in [1.82, 2.24) is 9.62 Å². The van der Waals surface area contributed by atoms with Crippen LogP contribution in [0.3, 0.4) is 0 Å². The van der Waals surface area contributed by atoms with Crippen LogP contribution in [0.4, 0.5) is 0 Å². The van der Waals surface area contributed by atoms with E-state index in [0.29, 0.717) is 4.47 Å². The summed E-state index contributed by atoms with van der Waals surface area (Å²) in [5, 5.41) is 0. The second kappa shape index (κ2) is 5.81. The molecular weight excluding hydrogens is 320 g/mol. The molecule has 0 heterocycles. The first-order valence-corrected chi connectivity index (χ1v) is 7.51. The molecule has 1 rings (SSSR count). The van der Waals surface area contributed by atoms with Gasteiger partial charge in [0.1, 0.15) is 0 Å². The van der Waals surface area contributed by atoms with Crippen molar-refractivity contribution >= 4 is 31.9 Å². The number of amides is 1. The van der Waals surface area contributed by atoms with E-state index in [-0.39, 0.29) is 10.8 Å². The Morgan fingerprint density at radius 3 is 2.39 bits per heavy atom. The molecule has 7 heteroatoms. The summed E-state index contributed by atoms with van der Waals surface area (Å²) in [6.45, 7) is 1.51. The zero-order chi connectivity index (χ0) is 13.9. The van der Waals surface area contributed by atoms with Gasteiger partial charge in [0.25, 0.3) is 0 Å². The molecule has 0 bridgehead atoms. The smallest absolute Gasteiger partial charge is 0.242 e. The predicted octanol–water partition coefficient (Wildman–Crippen LogP) is 1.20. The van der Waals surface area contributed by atoms with Crippen molar-refractivity contribution in [3.8, 4) is 0 Å². The zero-order valence-electron chi connectivity index (χ0n) is 10.3. The molecule has 1 aromatic rings. The van der Waals surface area contributed by atoms with Crippen LogP contribution in [0.25, 0.3) is 0 Å². The Labute approximate surface area is 115 Å². The summed E-state index contributed by atoms with van der Waals surface area (Å²) in [6, 6.07) is 5.64.